The van der Waals surface area contributed by atoms with E-state index in [2.05, 4.69) is 24.3 Å². The van der Waals surface area contributed by atoms with Crippen molar-refractivity contribution in [2.75, 3.05) is 11.4 Å². The minimum atomic E-state index is 0.115. The van der Waals surface area contributed by atoms with Crippen molar-refractivity contribution in [3.05, 3.63) is 59.7 Å². The molecule has 2 fully saturated rings. The summed E-state index contributed by atoms with van der Waals surface area (Å²) in [4.78, 5) is 15.6. The molecule has 2 aliphatic carbocycles. The minimum absolute atomic E-state index is 0.115. The molecule has 3 aliphatic rings. The standard InChI is InChI=1S/C28H35NO2/c30-27(22-13-15-25(16-14-22)31-24-10-3-1-4-11-24)29-20-19-28(17-7-2-8-18-28)21-23-9-5-6-12-26(23)29/h5-6,9,12-16,24H,1-4,7-8,10-11,17-21H2. The molecule has 2 aromatic carbocycles. The normalized spacial score (nSPS) is 21.4. The van der Waals surface area contributed by atoms with Crippen LogP contribution in [0.3, 0.4) is 0 Å². The van der Waals surface area contributed by atoms with Crippen molar-refractivity contribution in [1.29, 1.82) is 0 Å². The van der Waals surface area contributed by atoms with E-state index in [1.807, 2.05) is 29.2 Å². The van der Waals surface area contributed by atoms with Crippen molar-refractivity contribution in [1.82, 2.24) is 0 Å². The van der Waals surface area contributed by atoms with E-state index < -0.39 is 0 Å². The van der Waals surface area contributed by atoms with E-state index in [-0.39, 0.29) is 5.91 Å². The molecule has 0 N–H and O–H groups in total. The van der Waals surface area contributed by atoms with Gasteiger partial charge in [0.2, 0.25) is 0 Å². The molecule has 0 unspecified atom stereocenters. The maximum atomic E-state index is 13.6. The second-order valence-electron chi connectivity index (χ2n) is 9.98. The molecule has 31 heavy (non-hydrogen) atoms. The quantitative estimate of drug-likeness (QED) is 0.541. The number of rotatable bonds is 3. The first-order chi connectivity index (χ1) is 15.2. The van der Waals surface area contributed by atoms with Crippen LogP contribution in [0.2, 0.25) is 0 Å². The number of carbonyl (C=O) groups excluding carboxylic acids is 1. The molecular formula is C28H35NO2. The van der Waals surface area contributed by atoms with Gasteiger partial charge in [0.1, 0.15) is 5.75 Å². The monoisotopic (exact) mass is 417 g/mol. The van der Waals surface area contributed by atoms with Gasteiger partial charge in [-0.25, -0.2) is 0 Å². The van der Waals surface area contributed by atoms with Crippen molar-refractivity contribution in [2.24, 2.45) is 5.41 Å². The summed E-state index contributed by atoms with van der Waals surface area (Å²) in [6.07, 6.45) is 15.3. The highest BCUT2D eigenvalue weighted by Gasteiger charge is 2.37. The smallest absolute Gasteiger partial charge is 0.258 e. The molecule has 1 aliphatic heterocycles. The van der Waals surface area contributed by atoms with E-state index in [4.69, 9.17) is 4.74 Å². The third-order valence-electron chi connectivity index (χ3n) is 7.83. The number of hydrogen-bond acceptors (Lipinski definition) is 2. The van der Waals surface area contributed by atoms with Crippen LogP contribution in [-0.2, 0) is 6.42 Å². The van der Waals surface area contributed by atoms with E-state index in [9.17, 15) is 4.79 Å². The Morgan fingerprint density at radius 3 is 2.32 bits per heavy atom. The van der Waals surface area contributed by atoms with Crippen LogP contribution < -0.4 is 9.64 Å². The summed E-state index contributed by atoms with van der Waals surface area (Å²) in [6.45, 7) is 0.816. The lowest BCUT2D eigenvalue weighted by molar-refractivity contribution is 0.0981. The van der Waals surface area contributed by atoms with Gasteiger partial charge in [-0.2, -0.15) is 0 Å². The van der Waals surface area contributed by atoms with Gasteiger partial charge in [0.15, 0.2) is 0 Å². The highest BCUT2D eigenvalue weighted by Crippen LogP contribution is 2.46. The van der Waals surface area contributed by atoms with E-state index >= 15 is 0 Å². The second kappa shape index (κ2) is 9.06. The van der Waals surface area contributed by atoms with E-state index in [1.165, 1.54) is 56.9 Å². The highest BCUT2D eigenvalue weighted by atomic mass is 16.5. The predicted octanol–water partition coefficient (Wildman–Crippen LogP) is 6.94. The van der Waals surface area contributed by atoms with Crippen molar-refractivity contribution < 1.29 is 9.53 Å². The molecule has 5 rings (SSSR count). The van der Waals surface area contributed by atoms with Crippen LogP contribution in [0.5, 0.6) is 5.75 Å². The first kappa shape index (κ1) is 20.6. The number of carbonyl (C=O) groups is 1. The Labute approximate surface area is 186 Å². The zero-order valence-electron chi connectivity index (χ0n) is 18.7. The maximum Gasteiger partial charge on any atom is 0.258 e. The van der Waals surface area contributed by atoms with Gasteiger partial charge in [-0.05, 0) is 92.7 Å². The molecule has 164 valence electrons. The molecule has 0 atom stereocenters. The van der Waals surface area contributed by atoms with E-state index in [0.29, 0.717) is 11.5 Å². The molecular weight excluding hydrogens is 382 g/mol. The number of ether oxygens (including phenoxy) is 1. The number of benzene rings is 2. The molecule has 0 bridgehead atoms. The van der Waals surface area contributed by atoms with Crippen LogP contribution in [0.25, 0.3) is 0 Å². The van der Waals surface area contributed by atoms with Crippen LogP contribution in [0.15, 0.2) is 48.5 Å². The van der Waals surface area contributed by atoms with Crippen LogP contribution in [0, 0.1) is 5.41 Å². The van der Waals surface area contributed by atoms with Crippen molar-refractivity contribution >= 4 is 11.6 Å². The van der Waals surface area contributed by atoms with Crippen LogP contribution >= 0.6 is 0 Å². The molecule has 0 saturated heterocycles. The number of para-hydroxylation sites is 1. The summed E-state index contributed by atoms with van der Waals surface area (Å²) in [5.41, 5.74) is 3.58. The topological polar surface area (TPSA) is 29.5 Å². The van der Waals surface area contributed by atoms with Crippen molar-refractivity contribution in [3.8, 4) is 5.75 Å². The van der Waals surface area contributed by atoms with Gasteiger partial charge in [-0.15, -0.1) is 0 Å². The molecule has 0 radical (unpaired) electrons. The Morgan fingerprint density at radius 1 is 0.839 bits per heavy atom. The summed E-state index contributed by atoms with van der Waals surface area (Å²) in [5.74, 6) is 1.01. The molecule has 2 aromatic rings. The summed E-state index contributed by atoms with van der Waals surface area (Å²) in [7, 11) is 0. The van der Waals surface area contributed by atoms with Gasteiger partial charge in [0.05, 0.1) is 6.10 Å². The Bertz CT molecular complexity index is 891. The molecule has 3 nitrogen and oxygen atoms in total. The number of anilines is 1. The van der Waals surface area contributed by atoms with Gasteiger partial charge < -0.3 is 9.64 Å². The van der Waals surface area contributed by atoms with Crippen molar-refractivity contribution in [3.63, 3.8) is 0 Å². The Kier molecular flexibility index (Phi) is 6.02. The Hall–Kier alpha value is -2.29. The molecule has 3 heteroatoms. The lowest BCUT2D eigenvalue weighted by Crippen LogP contribution is -2.34. The Morgan fingerprint density at radius 2 is 1.55 bits per heavy atom. The number of amides is 1. The van der Waals surface area contributed by atoms with Crippen LogP contribution in [0.4, 0.5) is 5.69 Å². The SMILES string of the molecule is O=C(c1ccc(OC2CCCCC2)cc1)N1CCC2(CCCCC2)Cc2ccccc21. The molecule has 0 aromatic heterocycles. The third-order valence-corrected chi connectivity index (χ3v) is 7.83. The summed E-state index contributed by atoms with van der Waals surface area (Å²) >= 11 is 0. The molecule has 1 heterocycles. The van der Waals surface area contributed by atoms with E-state index in [0.717, 1.165) is 49.2 Å². The first-order valence-electron chi connectivity index (χ1n) is 12.4. The maximum absolute atomic E-state index is 13.6. The van der Waals surface area contributed by atoms with Gasteiger partial charge in [0.25, 0.3) is 5.91 Å². The average molecular weight is 418 g/mol. The van der Waals surface area contributed by atoms with E-state index in [1.54, 1.807) is 0 Å². The minimum Gasteiger partial charge on any atom is -0.490 e. The van der Waals surface area contributed by atoms with Gasteiger partial charge in [-0.1, -0.05) is 43.9 Å². The number of nitrogens with zero attached hydrogens (tertiary/aromatic N) is 1. The average Bonchev–Trinajstić information content (AvgIpc) is 2.97. The number of hydrogen-bond donors (Lipinski definition) is 0. The third kappa shape index (κ3) is 4.51. The van der Waals surface area contributed by atoms with Crippen molar-refractivity contribution in [2.45, 2.75) is 83.2 Å². The summed E-state index contributed by atoms with van der Waals surface area (Å²) in [5, 5.41) is 0. The molecule has 1 amide bonds. The van der Waals surface area contributed by atoms with Crippen LogP contribution in [-0.4, -0.2) is 18.6 Å². The highest BCUT2D eigenvalue weighted by molar-refractivity contribution is 6.06. The summed E-state index contributed by atoms with van der Waals surface area (Å²) < 4.78 is 6.16. The number of fused-ring (bicyclic) bond motifs is 1. The zero-order chi connectivity index (χ0) is 21.1. The predicted molar refractivity (Wildman–Crippen MR) is 126 cm³/mol. The van der Waals surface area contributed by atoms with Crippen LogP contribution in [0.1, 0.15) is 86.6 Å². The fraction of sp³-hybridized carbons (Fsp3) is 0.536. The fourth-order valence-electron chi connectivity index (χ4n) is 6.03. The Balaban J connectivity index is 1.34. The molecule has 1 spiro atoms. The largest absolute Gasteiger partial charge is 0.490 e. The fourth-order valence-corrected chi connectivity index (χ4v) is 6.03. The second-order valence-corrected chi connectivity index (χ2v) is 9.98. The lowest BCUT2D eigenvalue weighted by atomic mass is 9.69. The van der Waals surface area contributed by atoms with Gasteiger partial charge >= 0.3 is 0 Å². The first-order valence-corrected chi connectivity index (χ1v) is 12.4. The molecule has 2 saturated carbocycles. The zero-order valence-corrected chi connectivity index (χ0v) is 18.7. The lowest BCUT2D eigenvalue weighted by Gasteiger charge is -2.36. The van der Waals surface area contributed by atoms with Gasteiger partial charge in [0, 0.05) is 17.8 Å². The summed E-state index contributed by atoms with van der Waals surface area (Å²) in [6, 6.07) is 16.4. The van der Waals surface area contributed by atoms with Gasteiger partial charge in [-0.3, -0.25) is 4.79 Å².